The van der Waals surface area contributed by atoms with Crippen molar-refractivity contribution in [1.82, 2.24) is 0 Å². The van der Waals surface area contributed by atoms with Crippen LogP contribution in [0.1, 0.15) is 11.1 Å². The molecule has 0 aromatic heterocycles. The van der Waals surface area contributed by atoms with E-state index in [2.05, 4.69) is 0 Å². The van der Waals surface area contributed by atoms with E-state index >= 15 is 0 Å². The molecule has 5 heteroatoms. The monoisotopic (exact) mass is 298 g/mol. The molecule has 0 bridgehead atoms. The van der Waals surface area contributed by atoms with Gasteiger partial charge in [0.05, 0.1) is 5.56 Å². The highest BCUT2D eigenvalue weighted by Crippen LogP contribution is 2.25. The maximum Gasteiger partial charge on any atom is 0.182 e. The number of phenolic OH excluding ortho intramolecular Hbond substituents is 3. The molecule has 5 nitrogen and oxygen atoms in total. The van der Waals surface area contributed by atoms with Crippen molar-refractivity contribution in [2.75, 3.05) is 0 Å². The molecular formula is C17H14O5. The van der Waals surface area contributed by atoms with Crippen LogP contribution in [0.2, 0.25) is 0 Å². The predicted molar refractivity (Wildman–Crippen MR) is 82.5 cm³/mol. The van der Waals surface area contributed by atoms with E-state index in [1.807, 2.05) is 0 Å². The quantitative estimate of drug-likeness (QED) is 0.395. The van der Waals surface area contributed by atoms with Crippen molar-refractivity contribution in [3.8, 4) is 17.2 Å². The van der Waals surface area contributed by atoms with Crippen molar-refractivity contribution in [2.24, 2.45) is 0 Å². The van der Waals surface area contributed by atoms with Gasteiger partial charge in [0.1, 0.15) is 11.5 Å². The lowest BCUT2D eigenvalue weighted by atomic mass is 10.1. The van der Waals surface area contributed by atoms with Crippen LogP contribution in [-0.4, -0.2) is 26.2 Å². The number of carbonyl (C=O) groups excluding carboxylic acids is 1. The molecule has 2 aromatic carbocycles. The van der Waals surface area contributed by atoms with Crippen molar-refractivity contribution in [1.29, 1.82) is 0 Å². The number of aliphatic hydroxyl groups is 1. The van der Waals surface area contributed by atoms with E-state index in [9.17, 15) is 25.2 Å². The summed E-state index contributed by atoms with van der Waals surface area (Å²) in [5.41, 5.74) is 0.672. The summed E-state index contributed by atoms with van der Waals surface area (Å²) in [6.45, 7) is 0. The van der Waals surface area contributed by atoms with Crippen LogP contribution < -0.4 is 0 Å². The summed E-state index contributed by atoms with van der Waals surface area (Å²) in [5.74, 6) is -1.51. The van der Waals surface area contributed by atoms with E-state index in [1.165, 1.54) is 42.5 Å². The second-order valence-corrected chi connectivity index (χ2v) is 4.53. The smallest absolute Gasteiger partial charge is 0.182 e. The number of hydrogen-bond donors (Lipinski definition) is 4. The highest BCUT2D eigenvalue weighted by atomic mass is 16.3. The fourth-order valence-corrected chi connectivity index (χ4v) is 1.77. The van der Waals surface area contributed by atoms with Gasteiger partial charge in [0, 0.05) is 6.08 Å². The first-order chi connectivity index (χ1) is 10.5. The lowest BCUT2D eigenvalue weighted by Gasteiger charge is -2.02. The molecule has 0 spiro atoms. The molecule has 0 unspecified atom stereocenters. The van der Waals surface area contributed by atoms with Gasteiger partial charge in [-0.3, -0.25) is 4.79 Å². The Labute approximate surface area is 126 Å². The lowest BCUT2D eigenvalue weighted by molar-refractivity contribution is -0.110. The maximum atomic E-state index is 11.7. The first-order valence-electron chi connectivity index (χ1n) is 6.40. The van der Waals surface area contributed by atoms with Crippen molar-refractivity contribution >= 4 is 17.6 Å². The first kappa shape index (κ1) is 15.2. The van der Waals surface area contributed by atoms with Gasteiger partial charge in [0.2, 0.25) is 0 Å². The summed E-state index contributed by atoms with van der Waals surface area (Å²) in [5, 5.41) is 37.9. The van der Waals surface area contributed by atoms with E-state index in [-0.39, 0.29) is 28.6 Å². The number of hydrogen-bond acceptors (Lipinski definition) is 5. The van der Waals surface area contributed by atoms with Gasteiger partial charge in [-0.05, 0) is 35.9 Å². The third-order valence-corrected chi connectivity index (χ3v) is 2.90. The first-order valence-corrected chi connectivity index (χ1v) is 6.40. The molecule has 0 fully saturated rings. The number of ketones is 1. The van der Waals surface area contributed by atoms with E-state index in [4.69, 9.17) is 0 Å². The molecule has 112 valence electrons. The second kappa shape index (κ2) is 6.49. The van der Waals surface area contributed by atoms with E-state index in [0.29, 0.717) is 5.56 Å². The zero-order valence-corrected chi connectivity index (χ0v) is 11.5. The topological polar surface area (TPSA) is 98.0 Å². The molecule has 0 saturated heterocycles. The Morgan fingerprint density at radius 2 is 1.64 bits per heavy atom. The minimum absolute atomic E-state index is 0.128. The number of allylic oxidation sites excluding steroid dienone is 2. The van der Waals surface area contributed by atoms with Gasteiger partial charge in [-0.15, -0.1) is 0 Å². The number of rotatable bonds is 4. The molecule has 0 atom stereocenters. The number of aliphatic hydroxyl groups excluding tert-OH is 1. The molecular weight excluding hydrogens is 284 g/mol. The number of carbonyl (C=O) groups is 1. The molecule has 0 saturated carbocycles. The summed E-state index contributed by atoms with van der Waals surface area (Å²) in [7, 11) is 0. The van der Waals surface area contributed by atoms with Crippen LogP contribution in [0.15, 0.2) is 54.6 Å². The Hall–Kier alpha value is -3.21. The highest BCUT2D eigenvalue weighted by molar-refractivity contribution is 6.05. The maximum absolute atomic E-state index is 11.7. The molecule has 0 aliphatic carbocycles. The van der Waals surface area contributed by atoms with Gasteiger partial charge in [-0.2, -0.15) is 0 Å². The number of para-hydroxylation sites is 1. The van der Waals surface area contributed by atoms with Crippen LogP contribution in [0.5, 0.6) is 17.2 Å². The molecule has 0 aliphatic heterocycles. The highest BCUT2D eigenvalue weighted by Gasteiger charge is 2.06. The Balaban J connectivity index is 2.15. The minimum Gasteiger partial charge on any atom is -0.507 e. The Morgan fingerprint density at radius 1 is 0.909 bits per heavy atom. The minimum atomic E-state index is -0.492. The molecule has 2 rings (SSSR count). The van der Waals surface area contributed by atoms with Crippen LogP contribution in [-0.2, 0) is 4.79 Å². The lowest BCUT2D eigenvalue weighted by Crippen LogP contribution is -1.91. The van der Waals surface area contributed by atoms with E-state index in [0.717, 1.165) is 6.08 Å². The zero-order chi connectivity index (χ0) is 16.1. The molecule has 0 heterocycles. The van der Waals surface area contributed by atoms with E-state index in [1.54, 1.807) is 12.1 Å². The fourth-order valence-electron chi connectivity index (χ4n) is 1.77. The number of aromatic hydroxyl groups is 3. The Kier molecular flexibility index (Phi) is 4.48. The third kappa shape index (κ3) is 3.67. The van der Waals surface area contributed by atoms with Crippen molar-refractivity contribution in [2.45, 2.75) is 0 Å². The van der Waals surface area contributed by atoms with Crippen molar-refractivity contribution in [3.63, 3.8) is 0 Å². The largest absolute Gasteiger partial charge is 0.507 e. The Bertz CT molecular complexity index is 759. The summed E-state index contributed by atoms with van der Waals surface area (Å²) in [6, 6.07) is 10.2. The van der Waals surface area contributed by atoms with Crippen molar-refractivity contribution < 1.29 is 25.2 Å². The average Bonchev–Trinajstić information content (AvgIpc) is 2.49. The van der Waals surface area contributed by atoms with Gasteiger partial charge < -0.3 is 20.4 Å². The SMILES string of the molecule is O=C(C=C(O)c1ccccc1O)/C=C/c1ccc(O)c(O)c1. The average molecular weight is 298 g/mol. The summed E-state index contributed by atoms with van der Waals surface area (Å²) >= 11 is 0. The van der Waals surface area contributed by atoms with Gasteiger partial charge in [0.15, 0.2) is 17.3 Å². The van der Waals surface area contributed by atoms with Crippen LogP contribution in [0, 0.1) is 0 Å². The van der Waals surface area contributed by atoms with Crippen LogP contribution >= 0.6 is 0 Å². The summed E-state index contributed by atoms with van der Waals surface area (Å²) in [4.78, 5) is 11.7. The second-order valence-electron chi connectivity index (χ2n) is 4.53. The Morgan fingerprint density at radius 3 is 2.32 bits per heavy atom. The standard InChI is InChI=1S/C17H14O5/c18-12(7-5-11-6-8-15(20)17(22)9-11)10-16(21)13-3-1-2-4-14(13)19/h1-10,19-22H/b7-5+,16-10?. The van der Waals surface area contributed by atoms with Gasteiger partial charge >= 0.3 is 0 Å². The van der Waals surface area contributed by atoms with Gasteiger partial charge in [-0.1, -0.05) is 24.3 Å². The molecule has 4 N–H and O–H groups in total. The molecule has 0 aliphatic rings. The number of benzene rings is 2. The molecule has 2 aromatic rings. The number of phenols is 3. The fraction of sp³-hybridized carbons (Fsp3) is 0. The van der Waals surface area contributed by atoms with Crippen molar-refractivity contribution in [3.05, 3.63) is 65.7 Å². The van der Waals surface area contributed by atoms with Crippen LogP contribution in [0.25, 0.3) is 11.8 Å². The van der Waals surface area contributed by atoms with Crippen LogP contribution in [0.4, 0.5) is 0 Å². The summed E-state index contributed by atoms with van der Waals surface area (Å²) < 4.78 is 0. The van der Waals surface area contributed by atoms with Crippen LogP contribution in [0.3, 0.4) is 0 Å². The predicted octanol–water partition coefficient (Wildman–Crippen LogP) is 2.98. The molecule has 0 radical (unpaired) electrons. The molecule has 22 heavy (non-hydrogen) atoms. The zero-order valence-electron chi connectivity index (χ0n) is 11.5. The summed E-state index contributed by atoms with van der Waals surface area (Å²) in [6.07, 6.45) is 3.60. The van der Waals surface area contributed by atoms with E-state index < -0.39 is 5.78 Å². The normalized spacial score (nSPS) is 11.7. The van der Waals surface area contributed by atoms with Gasteiger partial charge in [0.25, 0.3) is 0 Å². The molecule has 0 amide bonds. The third-order valence-electron chi connectivity index (χ3n) is 2.90. The van der Waals surface area contributed by atoms with Gasteiger partial charge in [-0.25, -0.2) is 0 Å².